The minimum Gasteiger partial charge on any atom is -0.466 e. The van der Waals surface area contributed by atoms with Crippen LogP contribution in [0.2, 0.25) is 0 Å². The highest BCUT2D eigenvalue weighted by molar-refractivity contribution is 5.36. The highest BCUT2D eigenvalue weighted by Gasteiger charge is 2.17. The molecule has 0 fully saturated rings. The van der Waals surface area contributed by atoms with Crippen LogP contribution in [0, 0.1) is 13.8 Å². The van der Waals surface area contributed by atoms with Crippen LogP contribution >= 0.6 is 0 Å². The van der Waals surface area contributed by atoms with Crippen molar-refractivity contribution in [2.24, 2.45) is 5.84 Å². The third-order valence-electron chi connectivity index (χ3n) is 3.49. The molecular weight excluding hydrogens is 236 g/mol. The molecule has 0 radical (unpaired) electrons. The number of hydrogen-bond acceptors (Lipinski definition) is 3. The van der Waals surface area contributed by atoms with Crippen molar-refractivity contribution >= 4 is 0 Å². The smallest absolute Gasteiger partial charge is 0.106 e. The highest BCUT2D eigenvalue weighted by atomic mass is 16.3. The predicted molar refractivity (Wildman–Crippen MR) is 77.9 cm³/mol. The molecule has 2 aromatic rings. The minimum absolute atomic E-state index is 0.0290. The molecule has 102 valence electrons. The van der Waals surface area contributed by atoms with Crippen LogP contribution < -0.4 is 11.3 Å². The molecule has 0 bridgehead atoms. The van der Waals surface area contributed by atoms with Gasteiger partial charge in [-0.05, 0) is 37.0 Å². The summed E-state index contributed by atoms with van der Waals surface area (Å²) in [5.74, 6) is 8.08. The molecule has 1 aromatic heterocycles. The van der Waals surface area contributed by atoms with Crippen LogP contribution in [0.15, 0.2) is 34.7 Å². The van der Waals surface area contributed by atoms with Crippen molar-refractivity contribution in [1.82, 2.24) is 5.43 Å². The largest absolute Gasteiger partial charge is 0.466 e. The Morgan fingerprint density at radius 1 is 1.05 bits per heavy atom. The van der Waals surface area contributed by atoms with E-state index in [1.165, 1.54) is 5.56 Å². The summed E-state index contributed by atoms with van der Waals surface area (Å²) >= 11 is 0. The molecule has 1 atom stereocenters. The Labute approximate surface area is 114 Å². The fourth-order valence-corrected chi connectivity index (χ4v) is 2.38. The average Bonchev–Trinajstić information content (AvgIpc) is 2.70. The maximum absolute atomic E-state index is 5.72. The van der Waals surface area contributed by atoms with Gasteiger partial charge in [0.25, 0.3) is 0 Å². The van der Waals surface area contributed by atoms with E-state index in [2.05, 4.69) is 43.5 Å². The average molecular weight is 258 g/mol. The summed E-state index contributed by atoms with van der Waals surface area (Å²) in [6, 6.07) is 10.6. The van der Waals surface area contributed by atoms with Gasteiger partial charge in [0.15, 0.2) is 0 Å². The van der Waals surface area contributed by atoms with E-state index in [0.717, 1.165) is 22.6 Å². The number of nitrogens with two attached hydrogens (primary N) is 1. The first-order valence-electron chi connectivity index (χ1n) is 6.66. The molecule has 0 aliphatic heterocycles. The summed E-state index contributed by atoms with van der Waals surface area (Å²) in [6.07, 6.45) is 0. The Morgan fingerprint density at radius 2 is 1.63 bits per heavy atom. The number of hydrogen-bond donors (Lipinski definition) is 2. The van der Waals surface area contributed by atoms with E-state index >= 15 is 0 Å². The van der Waals surface area contributed by atoms with Crippen molar-refractivity contribution in [1.29, 1.82) is 0 Å². The molecule has 1 aromatic carbocycles. The second kappa shape index (κ2) is 5.59. The number of hydrazine groups is 1. The molecule has 0 aliphatic rings. The van der Waals surface area contributed by atoms with Crippen LogP contribution in [-0.2, 0) is 0 Å². The summed E-state index contributed by atoms with van der Waals surface area (Å²) in [6.45, 7) is 8.30. The monoisotopic (exact) mass is 258 g/mol. The molecule has 3 N–H and O–H groups in total. The van der Waals surface area contributed by atoms with E-state index in [4.69, 9.17) is 10.3 Å². The zero-order valence-electron chi connectivity index (χ0n) is 12.0. The quantitative estimate of drug-likeness (QED) is 0.651. The molecule has 3 heteroatoms. The zero-order chi connectivity index (χ0) is 14.0. The van der Waals surface area contributed by atoms with Crippen molar-refractivity contribution in [2.75, 3.05) is 0 Å². The second-order valence-corrected chi connectivity index (χ2v) is 5.29. The van der Waals surface area contributed by atoms with E-state index < -0.39 is 0 Å². The van der Waals surface area contributed by atoms with Crippen LogP contribution in [-0.4, -0.2) is 0 Å². The van der Waals surface area contributed by atoms with Gasteiger partial charge in [0.2, 0.25) is 0 Å². The maximum Gasteiger partial charge on any atom is 0.106 e. The first-order chi connectivity index (χ1) is 9.02. The van der Waals surface area contributed by atoms with Crippen molar-refractivity contribution in [3.05, 3.63) is 58.5 Å². The zero-order valence-corrected chi connectivity index (χ0v) is 12.0. The fraction of sp³-hybridized carbons (Fsp3) is 0.375. The Balaban J connectivity index is 2.34. The minimum atomic E-state index is -0.0290. The summed E-state index contributed by atoms with van der Waals surface area (Å²) in [7, 11) is 0. The molecule has 1 unspecified atom stereocenters. The van der Waals surface area contributed by atoms with Crippen LogP contribution in [0.3, 0.4) is 0 Å². The summed E-state index contributed by atoms with van der Waals surface area (Å²) in [4.78, 5) is 0. The first-order valence-corrected chi connectivity index (χ1v) is 6.66. The van der Waals surface area contributed by atoms with Gasteiger partial charge >= 0.3 is 0 Å². The number of rotatable bonds is 4. The van der Waals surface area contributed by atoms with Gasteiger partial charge in [0.1, 0.15) is 11.5 Å². The third-order valence-corrected chi connectivity index (χ3v) is 3.49. The van der Waals surface area contributed by atoms with Gasteiger partial charge < -0.3 is 4.42 Å². The topological polar surface area (TPSA) is 51.2 Å². The maximum atomic E-state index is 5.72. The van der Waals surface area contributed by atoms with E-state index in [-0.39, 0.29) is 6.04 Å². The van der Waals surface area contributed by atoms with Crippen LogP contribution in [0.4, 0.5) is 0 Å². The number of furan rings is 1. The van der Waals surface area contributed by atoms with Crippen molar-refractivity contribution in [3.8, 4) is 0 Å². The lowest BCUT2D eigenvalue weighted by atomic mass is 9.96. The second-order valence-electron chi connectivity index (χ2n) is 5.29. The van der Waals surface area contributed by atoms with Crippen molar-refractivity contribution < 1.29 is 4.42 Å². The molecule has 2 rings (SSSR count). The Hall–Kier alpha value is -1.58. The number of aryl methyl sites for hydroxylation is 2. The van der Waals surface area contributed by atoms with Crippen molar-refractivity contribution in [3.63, 3.8) is 0 Å². The van der Waals surface area contributed by atoms with Crippen LogP contribution in [0.1, 0.15) is 54.0 Å². The molecule has 1 heterocycles. The van der Waals surface area contributed by atoms with Gasteiger partial charge in [-0.3, -0.25) is 5.84 Å². The third kappa shape index (κ3) is 2.88. The standard InChI is InChI=1S/C16H22N2O/c1-10(2)13-5-7-14(8-6-13)16(18-17)15-9-11(3)19-12(15)4/h5-10,16,18H,17H2,1-4H3. The van der Waals surface area contributed by atoms with E-state index in [0.29, 0.717) is 5.92 Å². The van der Waals surface area contributed by atoms with E-state index in [9.17, 15) is 0 Å². The predicted octanol–water partition coefficient (Wildman–Crippen LogP) is 3.57. The molecule has 0 amide bonds. The highest BCUT2D eigenvalue weighted by Crippen LogP contribution is 2.27. The van der Waals surface area contributed by atoms with Gasteiger partial charge in [-0.15, -0.1) is 0 Å². The van der Waals surface area contributed by atoms with E-state index in [1.807, 2.05) is 19.9 Å². The van der Waals surface area contributed by atoms with Gasteiger partial charge in [-0.25, -0.2) is 5.43 Å². The van der Waals surface area contributed by atoms with Gasteiger partial charge in [0, 0.05) is 5.56 Å². The summed E-state index contributed by atoms with van der Waals surface area (Å²) in [5, 5.41) is 0. The molecule has 0 spiro atoms. The van der Waals surface area contributed by atoms with Gasteiger partial charge in [-0.2, -0.15) is 0 Å². The lowest BCUT2D eigenvalue weighted by molar-refractivity contribution is 0.495. The van der Waals surface area contributed by atoms with Gasteiger partial charge in [-0.1, -0.05) is 38.1 Å². The van der Waals surface area contributed by atoms with E-state index in [1.54, 1.807) is 0 Å². The number of benzene rings is 1. The van der Waals surface area contributed by atoms with Crippen molar-refractivity contribution in [2.45, 2.75) is 39.7 Å². The number of nitrogens with one attached hydrogen (secondary N) is 1. The Kier molecular flexibility index (Phi) is 4.08. The van der Waals surface area contributed by atoms with Crippen LogP contribution in [0.5, 0.6) is 0 Å². The normalized spacial score (nSPS) is 12.9. The fourth-order valence-electron chi connectivity index (χ4n) is 2.38. The Bertz CT molecular complexity index is 540. The molecule has 3 nitrogen and oxygen atoms in total. The lowest BCUT2D eigenvalue weighted by Gasteiger charge is -2.16. The molecule has 19 heavy (non-hydrogen) atoms. The molecule has 0 saturated heterocycles. The molecular formula is C16H22N2O. The molecule has 0 saturated carbocycles. The van der Waals surface area contributed by atoms with Gasteiger partial charge in [0.05, 0.1) is 6.04 Å². The summed E-state index contributed by atoms with van der Waals surface area (Å²) < 4.78 is 5.59. The molecule has 0 aliphatic carbocycles. The SMILES string of the molecule is Cc1cc(C(NN)c2ccc(C(C)C)cc2)c(C)o1. The van der Waals surface area contributed by atoms with Crippen LogP contribution in [0.25, 0.3) is 0 Å². The first kappa shape index (κ1) is 13.8. The summed E-state index contributed by atoms with van der Waals surface area (Å²) in [5.41, 5.74) is 6.45. The lowest BCUT2D eigenvalue weighted by Crippen LogP contribution is -2.29. The Morgan fingerprint density at radius 3 is 2.05 bits per heavy atom.